The van der Waals surface area contributed by atoms with E-state index in [2.05, 4.69) is 29.2 Å². The molecule has 1 atom stereocenters. The summed E-state index contributed by atoms with van der Waals surface area (Å²) in [5, 5.41) is 10.2. The van der Waals surface area contributed by atoms with Crippen LogP contribution in [0.15, 0.2) is 24.3 Å². The molecule has 0 aromatic heterocycles. The molecule has 0 amide bonds. The van der Waals surface area contributed by atoms with Gasteiger partial charge in [0.05, 0.1) is 12.2 Å². The normalized spacial score (nSPS) is 27.5. The Morgan fingerprint density at radius 1 is 1.35 bits per heavy atom. The summed E-state index contributed by atoms with van der Waals surface area (Å²) >= 11 is 0. The maximum absolute atomic E-state index is 10.2. The van der Waals surface area contributed by atoms with Crippen LogP contribution in [-0.4, -0.2) is 37.0 Å². The van der Waals surface area contributed by atoms with Crippen LogP contribution in [0.25, 0.3) is 0 Å². The van der Waals surface area contributed by atoms with Crippen molar-refractivity contribution >= 4 is 5.69 Å². The fourth-order valence-electron chi connectivity index (χ4n) is 2.78. The molecule has 0 bridgehead atoms. The van der Waals surface area contributed by atoms with Crippen molar-refractivity contribution in [3.63, 3.8) is 0 Å². The SMILES string of the molecule is OC1(CCN2CCc3ccccc32)CCOC1. The van der Waals surface area contributed by atoms with Crippen molar-refractivity contribution in [2.24, 2.45) is 0 Å². The Morgan fingerprint density at radius 2 is 2.24 bits per heavy atom. The van der Waals surface area contributed by atoms with Crippen LogP contribution < -0.4 is 4.90 Å². The Kier molecular flexibility index (Phi) is 2.81. The summed E-state index contributed by atoms with van der Waals surface area (Å²) in [6, 6.07) is 8.56. The molecule has 2 heterocycles. The van der Waals surface area contributed by atoms with E-state index < -0.39 is 5.60 Å². The Balaban J connectivity index is 1.64. The molecule has 3 nitrogen and oxygen atoms in total. The third-order valence-electron chi connectivity index (χ3n) is 3.91. The van der Waals surface area contributed by atoms with Crippen molar-refractivity contribution in [2.75, 3.05) is 31.2 Å². The number of ether oxygens (including phenoxy) is 1. The van der Waals surface area contributed by atoms with E-state index in [1.165, 1.54) is 11.3 Å². The largest absolute Gasteiger partial charge is 0.387 e. The van der Waals surface area contributed by atoms with Crippen LogP contribution in [0.4, 0.5) is 5.69 Å². The van der Waals surface area contributed by atoms with Gasteiger partial charge in [0.25, 0.3) is 0 Å². The molecule has 1 aromatic rings. The summed E-state index contributed by atoms with van der Waals surface area (Å²) in [4.78, 5) is 2.38. The molecular formula is C14H19NO2. The topological polar surface area (TPSA) is 32.7 Å². The molecule has 1 fully saturated rings. The second-order valence-corrected chi connectivity index (χ2v) is 5.14. The number of anilines is 1. The van der Waals surface area contributed by atoms with Gasteiger partial charge in [-0.15, -0.1) is 0 Å². The van der Waals surface area contributed by atoms with Crippen LogP contribution in [0, 0.1) is 0 Å². The highest BCUT2D eigenvalue weighted by atomic mass is 16.5. The molecule has 0 spiro atoms. The van der Waals surface area contributed by atoms with Gasteiger partial charge in [-0.2, -0.15) is 0 Å². The van der Waals surface area contributed by atoms with Crippen LogP contribution in [0.5, 0.6) is 0 Å². The molecule has 92 valence electrons. The molecule has 2 aliphatic heterocycles. The van der Waals surface area contributed by atoms with Crippen molar-refractivity contribution < 1.29 is 9.84 Å². The van der Waals surface area contributed by atoms with E-state index in [-0.39, 0.29) is 0 Å². The van der Waals surface area contributed by atoms with Crippen molar-refractivity contribution in [1.29, 1.82) is 0 Å². The standard InChI is InChI=1S/C14H19NO2/c16-14(7-10-17-11-14)6-9-15-8-5-12-3-1-2-4-13(12)15/h1-4,16H,5-11H2. The minimum Gasteiger partial charge on any atom is -0.387 e. The maximum atomic E-state index is 10.2. The smallest absolute Gasteiger partial charge is 0.0918 e. The Labute approximate surface area is 102 Å². The molecule has 3 heteroatoms. The van der Waals surface area contributed by atoms with Crippen LogP contribution in [0.1, 0.15) is 18.4 Å². The van der Waals surface area contributed by atoms with Crippen LogP contribution in [-0.2, 0) is 11.2 Å². The summed E-state index contributed by atoms with van der Waals surface area (Å²) in [6.45, 7) is 3.21. The van der Waals surface area contributed by atoms with E-state index in [1.807, 2.05) is 0 Å². The Morgan fingerprint density at radius 3 is 3.06 bits per heavy atom. The highest BCUT2D eigenvalue weighted by Crippen LogP contribution is 2.29. The second-order valence-electron chi connectivity index (χ2n) is 5.14. The van der Waals surface area contributed by atoms with Gasteiger partial charge in [-0.1, -0.05) is 18.2 Å². The highest BCUT2D eigenvalue weighted by Gasteiger charge is 2.33. The molecular weight excluding hydrogens is 214 g/mol. The number of benzene rings is 1. The van der Waals surface area contributed by atoms with E-state index in [1.54, 1.807) is 0 Å². The molecule has 1 saturated heterocycles. The summed E-state index contributed by atoms with van der Waals surface area (Å²) in [7, 11) is 0. The molecule has 0 radical (unpaired) electrons. The van der Waals surface area contributed by atoms with Crippen LogP contribution in [0.2, 0.25) is 0 Å². The lowest BCUT2D eigenvalue weighted by Gasteiger charge is -2.26. The fraction of sp³-hybridized carbons (Fsp3) is 0.571. The first-order valence-corrected chi connectivity index (χ1v) is 6.40. The number of rotatable bonds is 3. The number of nitrogens with zero attached hydrogens (tertiary/aromatic N) is 1. The van der Waals surface area contributed by atoms with Gasteiger partial charge in [-0.05, 0) is 24.5 Å². The van der Waals surface area contributed by atoms with Crippen LogP contribution >= 0.6 is 0 Å². The average Bonchev–Trinajstić information content (AvgIpc) is 2.94. The van der Waals surface area contributed by atoms with E-state index in [9.17, 15) is 5.11 Å². The minimum absolute atomic E-state index is 0.502. The zero-order chi connectivity index (χ0) is 11.7. The van der Waals surface area contributed by atoms with E-state index in [4.69, 9.17) is 4.74 Å². The van der Waals surface area contributed by atoms with E-state index in [0.29, 0.717) is 13.2 Å². The van der Waals surface area contributed by atoms with Gasteiger partial charge in [0, 0.05) is 31.8 Å². The van der Waals surface area contributed by atoms with E-state index in [0.717, 1.165) is 32.4 Å². The average molecular weight is 233 g/mol. The summed E-state index contributed by atoms with van der Waals surface area (Å²) in [6.07, 6.45) is 2.72. The van der Waals surface area contributed by atoms with E-state index >= 15 is 0 Å². The van der Waals surface area contributed by atoms with Crippen LogP contribution in [0.3, 0.4) is 0 Å². The molecule has 1 unspecified atom stereocenters. The summed E-state index contributed by atoms with van der Waals surface area (Å²) in [5.41, 5.74) is 2.19. The number of aliphatic hydroxyl groups is 1. The van der Waals surface area contributed by atoms with Gasteiger partial charge < -0.3 is 14.7 Å². The molecule has 3 rings (SSSR count). The number of fused-ring (bicyclic) bond motifs is 1. The predicted molar refractivity (Wildman–Crippen MR) is 67.4 cm³/mol. The lowest BCUT2D eigenvalue weighted by molar-refractivity contribution is 0.0211. The third kappa shape index (κ3) is 2.17. The molecule has 0 aliphatic carbocycles. The monoisotopic (exact) mass is 233 g/mol. The zero-order valence-electron chi connectivity index (χ0n) is 10.1. The zero-order valence-corrected chi connectivity index (χ0v) is 10.1. The van der Waals surface area contributed by atoms with Gasteiger partial charge in [0.15, 0.2) is 0 Å². The van der Waals surface area contributed by atoms with Gasteiger partial charge in [-0.3, -0.25) is 0 Å². The molecule has 1 aromatic carbocycles. The lowest BCUT2D eigenvalue weighted by atomic mass is 9.99. The molecule has 0 saturated carbocycles. The third-order valence-corrected chi connectivity index (χ3v) is 3.91. The van der Waals surface area contributed by atoms with Gasteiger partial charge in [-0.25, -0.2) is 0 Å². The molecule has 1 N–H and O–H groups in total. The van der Waals surface area contributed by atoms with Crippen molar-refractivity contribution in [3.8, 4) is 0 Å². The van der Waals surface area contributed by atoms with Gasteiger partial charge in [0.1, 0.15) is 0 Å². The first-order chi connectivity index (χ1) is 8.27. The minimum atomic E-state index is -0.586. The maximum Gasteiger partial charge on any atom is 0.0918 e. The lowest BCUT2D eigenvalue weighted by Crippen LogP contribution is -2.35. The number of hydrogen-bond acceptors (Lipinski definition) is 3. The van der Waals surface area contributed by atoms with Gasteiger partial charge in [0.2, 0.25) is 0 Å². The Hall–Kier alpha value is -1.06. The first kappa shape index (κ1) is 11.1. The second kappa shape index (κ2) is 4.31. The van der Waals surface area contributed by atoms with Gasteiger partial charge >= 0.3 is 0 Å². The predicted octanol–water partition coefficient (Wildman–Crippen LogP) is 1.59. The molecule has 17 heavy (non-hydrogen) atoms. The summed E-state index contributed by atoms with van der Waals surface area (Å²) < 4.78 is 5.28. The first-order valence-electron chi connectivity index (χ1n) is 6.40. The number of para-hydroxylation sites is 1. The van der Waals surface area contributed by atoms with Crippen molar-refractivity contribution in [1.82, 2.24) is 0 Å². The van der Waals surface area contributed by atoms with Crippen molar-refractivity contribution in [2.45, 2.75) is 24.9 Å². The van der Waals surface area contributed by atoms with Crippen molar-refractivity contribution in [3.05, 3.63) is 29.8 Å². The highest BCUT2D eigenvalue weighted by molar-refractivity contribution is 5.57. The Bertz CT molecular complexity index is 399. The summed E-state index contributed by atoms with van der Waals surface area (Å²) in [5.74, 6) is 0. The molecule has 2 aliphatic rings. The quantitative estimate of drug-likeness (QED) is 0.860. The number of hydrogen-bond donors (Lipinski definition) is 1. The fourth-order valence-corrected chi connectivity index (χ4v) is 2.78.